The van der Waals surface area contributed by atoms with Crippen molar-refractivity contribution < 1.29 is 31.2 Å². The van der Waals surface area contributed by atoms with Crippen LogP contribution in [0.15, 0.2) is 47.1 Å². The third-order valence-corrected chi connectivity index (χ3v) is 9.64. The fraction of sp³-hybridized carbons (Fsp3) is 0.484. The molecule has 1 aliphatic carbocycles. The number of alkyl halides is 3. The Bertz CT molecular complexity index is 1700. The quantitative estimate of drug-likeness (QED) is 0.192. The minimum absolute atomic E-state index is 0.0543. The Labute approximate surface area is 250 Å². The van der Waals surface area contributed by atoms with Crippen LogP contribution in [-0.2, 0) is 11.6 Å². The largest absolute Gasteiger partial charge is 0.470 e. The van der Waals surface area contributed by atoms with Gasteiger partial charge in [-0.25, -0.2) is 13.3 Å². The third-order valence-electron chi connectivity index (χ3n) is 9.64. The molecule has 6 rings (SSSR count). The van der Waals surface area contributed by atoms with E-state index in [1.54, 1.807) is 10.7 Å². The Kier molecular flexibility index (Phi) is 7.40. The summed E-state index contributed by atoms with van der Waals surface area (Å²) in [5, 5.41) is 14.5. The average molecular weight is 617 g/mol. The first-order valence-corrected chi connectivity index (χ1v) is 14.7. The molecule has 13 heteroatoms. The van der Waals surface area contributed by atoms with Gasteiger partial charge in [-0.3, -0.25) is 4.79 Å². The lowest BCUT2D eigenvalue weighted by Crippen LogP contribution is -2.45. The van der Waals surface area contributed by atoms with Crippen LogP contribution in [0.2, 0.25) is 0 Å². The van der Waals surface area contributed by atoms with E-state index in [-0.39, 0.29) is 23.8 Å². The molecule has 2 fully saturated rings. The van der Waals surface area contributed by atoms with Gasteiger partial charge < -0.3 is 14.6 Å². The van der Waals surface area contributed by atoms with E-state index >= 15 is 0 Å². The maximum absolute atomic E-state index is 14.7. The molecule has 1 aliphatic heterocycles. The van der Waals surface area contributed by atoms with E-state index in [9.17, 15) is 26.7 Å². The standard InChI is InChI=1S/C31H33F5N6O2/c1-18-8-10-29(2,11-12-30(18,3)27-39-40-28(44-27)31(34,35)36)38-26(43)22-17-37-42-14-9-20(16-25(22)42)41-13-4-5-24(41)21-15-19(32)6-7-23(21)33/h6-7,9,14-18,24H,4-5,8,10-13H2,1-3H3,(H,38,43). The molecule has 1 saturated heterocycles. The van der Waals surface area contributed by atoms with E-state index in [0.717, 1.165) is 24.2 Å². The highest BCUT2D eigenvalue weighted by Gasteiger charge is 2.46. The van der Waals surface area contributed by atoms with E-state index in [1.807, 2.05) is 37.8 Å². The highest BCUT2D eigenvalue weighted by atomic mass is 19.4. The van der Waals surface area contributed by atoms with Crippen LogP contribution in [-0.4, -0.2) is 37.8 Å². The number of nitrogens with one attached hydrogen (secondary N) is 1. The first-order chi connectivity index (χ1) is 20.8. The second kappa shape index (κ2) is 10.8. The van der Waals surface area contributed by atoms with Gasteiger partial charge in [0, 0.05) is 34.9 Å². The van der Waals surface area contributed by atoms with Crippen molar-refractivity contribution in [2.75, 3.05) is 11.4 Å². The zero-order valence-electron chi connectivity index (χ0n) is 24.6. The molecule has 1 amide bonds. The molecule has 0 bridgehead atoms. The van der Waals surface area contributed by atoms with Crippen molar-refractivity contribution in [1.82, 2.24) is 25.1 Å². The summed E-state index contributed by atoms with van der Waals surface area (Å²) in [6.45, 7) is 6.34. The first kappa shape index (κ1) is 30.0. The summed E-state index contributed by atoms with van der Waals surface area (Å²) in [6.07, 6.45) is 2.07. The highest BCUT2D eigenvalue weighted by Crippen LogP contribution is 2.45. The summed E-state index contributed by atoms with van der Waals surface area (Å²) >= 11 is 0. The van der Waals surface area contributed by atoms with Crippen molar-refractivity contribution in [3.05, 3.63) is 77.3 Å². The van der Waals surface area contributed by atoms with Crippen LogP contribution in [0, 0.1) is 17.6 Å². The molecule has 44 heavy (non-hydrogen) atoms. The molecule has 2 aliphatic rings. The number of hydrogen-bond donors (Lipinski definition) is 1. The Morgan fingerprint density at radius 2 is 1.86 bits per heavy atom. The van der Waals surface area contributed by atoms with Gasteiger partial charge in [-0.05, 0) is 81.7 Å². The zero-order valence-corrected chi connectivity index (χ0v) is 24.6. The predicted octanol–water partition coefficient (Wildman–Crippen LogP) is 7.01. The van der Waals surface area contributed by atoms with Crippen molar-refractivity contribution in [2.24, 2.45) is 5.92 Å². The van der Waals surface area contributed by atoms with Crippen LogP contribution in [0.5, 0.6) is 0 Å². The van der Waals surface area contributed by atoms with Gasteiger partial charge in [0.2, 0.25) is 5.89 Å². The summed E-state index contributed by atoms with van der Waals surface area (Å²) in [5.41, 5.74) is 0.523. The summed E-state index contributed by atoms with van der Waals surface area (Å²) in [6, 6.07) is 6.81. The maximum atomic E-state index is 14.7. The molecular formula is C31H33F5N6O2. The number of fused-ring (bicyclic) bond motifs is 1. The molecule has 234 valence electrons. The van der Waals surface area contributed by atoms with Gasteiger partial charge in [-0.15, -0.1) is 10.2 Å². The Balaban J connectivity index is 1.22. The van der Waals surface area contributed by atoms with E-state index in [4.69, 9.17) is 4.42 Å². The molecule has 1 saturated carbocycles. The molecular weight excluding hydrogens is 583 g/mol. The molecule has 1 aromatic carbocycles. The minimum atomic E-state index is -4.72. The summed E-state index contributed by atoms with van der Waals surface area (Å²) in [5.74, 6) is -2.80. The fourth-order valence-corrected chi connectivity index (χ4v) is 6.61. The zero-order chi connectivity index (χ0) is 31.4. The Morgan fingerprint density at radius 1 is 1.07 bits per heavy atom. The number of carbonyl (C=O) groups is 1. The molecule has 4 heterocycles. The molecule has 0 radical (unpaired) electrons. The van der Waals surface area contributed by atoms with Crippen LogP contribution in [0.3, 0.4) is 0 Å². The number of hydrogen-bond acceptors (Lipinski definition) is 6. The van der Waals surface area contributed by atoms with Crippen molar-refractivity contribution >= 4 is 17.1 Å². The van der Waals surface area contributed by atoms with E-state index in [2.05, 4.69) is 20.6 Å². The topological polar surface area (TPSA) is 88.6 Å². The lowest BCUT2D eigenvalue weighted by molar-refractivity contribution is -0.158. The molecule has 4 unspecified atom stereocenters. The van der Waals surface area contributed by atoms with Crippen molar-refractivity contribution in [3.63, 3.8) is 0 Å². The van der Waals surface area contributed by atoms with Gasteiger partial charge in [0.25, 0.3) is 5.91 Å². The number of pyridine rings is 1. The minimum Gasteiger partial charge on any atom is -0.417 e. The maximum Gasteiger partial charge on any atom is 0.470 e. The molecule has 4 aromatic rings. The van der Waals surface area contributed by atoms with Crippen LogP contribution < -0.4 is 10.2 Å². The number of aromatic nitrogens is 4. The smallest absolute Gasteiger partial charge is 0.417 e. The first-order valence-electron chi connectivity index (χ1n) is 14.7. The van der Waals surface area contributed by atoms with Crippen molar-refractivity contribution in [2.45, 2.75) is 82.5 Å². The van der Waals surface area contributed by atoms with Crippen LogP contribution in [0.4, 0.5) is 27.6 Å². The second-order valence-corrected chi connectivity index (χ2v) is 12.6. The number of rotatable bonds is 5. The molecule has 4 atom stereocenters. The number of halogens is 5. The second-order valence-electron chi connectivity index (χ2n) is 12.6. The van der Waals surface area contributed by atoms with Gasteiger partial charge in [0.05, 0.1) is 23.3 Å². The lowest BCUT2D eigenvalue weighted by atomic mass is 9.74. The van der Waals surface area contributed by atoms with Crippen molar-refractivity contribution in [1.29, 1.82) is 0 Å². The van der Waals surface area contributed by atoms with Crippen molar-refractivity contribution in [3.8, 4) is 0 Å². The molecule has 0 spiro atoms. The monoisotopic (exact) mass is 616 g/mol. The van der Waals surface area contributed by atoms with E-state index < -0.39 is 34.7 Å². The molecule has 1 N–H and O–H groups in total. The summed E-state index contributed by atoms with van der Waals surface area (Å²) < 4.78 is 74.8. The summed E-state index contributed by atoms with van der Waals surface area (Å²) in [4.78, 5) is 15.7. The van der Waals surface area contributed by atoms with Crippen LogP contribution >= 0.6 is 0 Å². The Morgan fingerprint density at radius 3 is 2.61 bits per heavy atom. The number of amides is 1. The van der Waals surface area contributed by atoms with Crippen LogP contribution in [0.25, 0.3) is 5.52 Å². The fourth-order valence-electron chi connectivity index (χ4n) is 6.61. The van der Waals surface area contributed by atoms with Gasteiger partial charge >= 0.3 is 12.1 Å². The summed E-state index contributed by atoms with van der Waals surface area (Å²) in [7, 11) is 0. The van der Waals surface area contributed by atoms with E-state index in [1.165, 1.54) is 12.3 Å². The normalized spacial score (nSPS) is 26.2. The van der Waals surface area contributed by atoms with Crippen LogP contribution in [0.1, 0.15) is 93.0 Å². The van der Waals surface area contributed by atoms with Gasteiger partial charge in [-0.1, -0.05) is 13.8 Å². The highest BCUT2D eigenvalue weighted by molar-refractivity contribution is 6.01. The van der Waals surface area contributed by atoms with Gasteiger partial charge in [-0.2, -0.15) is 18.3 Å². The predicted molar refractivity (Wildman–Crippen MR) is 151 cm³/mol. The Hall–Kier alpha value is -4.03. The van der Waals surface area contributed by atoms with E-state index in [0.29, 0.717) is 55.3 Å². The average Bonchev–Trinajstić information content (AvgIpc) is 3.74. The third kappa shape index (κ3) is 5.41. The van der Waals surface area contributed by atoms with Gasteiger partial charge in [0.15, 0.2) is 0 Å². The number of anilines is 1. The van der Waals surface area contributed by atoms with Gasteiger partial charge in [0.1, 0.15) is 11.6 Å². The molecule has 3 aromatic heterocycles. The lowest BCUT2D eigenvalue weighted by Gasteiger charge is -2.31. The number of nitrogens with zero attached hydrogens (tertiary/aromatic N) is 5. The molecule has 8 nitrogen and oxygen atoms in total. The number of benzene rings is 1. The SMILES string of the molecule is CC1CCC(C)(NC(=O)c2cnn3ccc(N4CCCC4c4cc(F)ccc4F)cc23)CCC1(C)c1nnc(C(F)(F)F)o1. The number of carbonyl (C=O) groups excluding carboxylic acids is 1.